The summed E-state index contributed by atoms with van der Waals surface area (Å²) in [5.41, 5.74) is 6.56. The quantitative estimate of drug-likeness (QED) is 0.838. The van der Waals surface area contributed by atoms with Crippen LogP contribution in [0.2, 0.25) is 0 Å². The molecule has 2 N–H and O–H groups in total. The standard InChI is InChI=1S/C13H21N3O/c1-10-5-3-8-16(12(10)9-14)13(17)11-6-4-7-15(11)2/h4,6-7,10,12H,3,5,8-9,14H2,1-2H3/t10-,12+/m1/s1. The molecule has 0 spiro atoms. The predicted octanol–water partition coefficient (Wildman–Crippen LogP) is 1.22. The van der Waals surface area contributed by atoms with Crippen molar-refractivity contribution < 1.29 is 4.79 Å². The van der Waals surface area contributed by atoms with Crippen molar-refractivity contribution in [3.63, 3.8) is 0 Å². The van der Waals surface area contributed by atoms with Crippen molar-refractivity contribution in [3.8, 4) is 0 Å². The van der Waals surface area contributed by atoms with Crippen LogP contribution < -0.4 is 5.73 Å². The zero-order valence-corrected chi connectivity index (χ0v) is 10.6. The van der Waals surface area contributed by atoms with Gasteiger partial charge in [0.25, 0.3) is 5.91 Å². The molecule has 0 radical (unpaired) electrons. The fraction of sp³-hybridized carbons (Fsp3) is 0.615. The lowest BCUT2D eigenvalue weighted by Crippen LogP contribution is -2.51. The number of likely N-dealkylation sites (tertiary alicyclic amines) is 1. The average molecular weight is 235 g/mol. The van der Waals surface area contributed by atoms with Gasteiger partial charge >= 0.3 is 0 Å². The molecule has 1 aliphatic heterocycles. The zero-order chi connectivity index (χ0) is 12.4. The number of nitrogens with zero attached hydrogens (tertiary/aromatic N) is 2. The maximum atomic E-state index is 12.4. The monoisotopic (exact) mass is 235 g/mol. The molecular weight excluding hydrogens is 214 g/mol. The number of amides is 1. The van der Waals surface area contributed by atoms with Gasteiger partial charge in [-0.1, -0.05) is 6.92 Å². The number of aromatic nitrogens is 1. The molecule has 0 unspecified atom stereocenters. The molecule has 1 amide bonds. The highest BCUT2D eigenvalue weighted by atomic mass is 16.2. The van der Waals surface area contributed by atoms with Crippen molar-refractivity contribution in [1.82, 2.24) is 9.47 Å². The van der Waals surface area contributed by atoms with Crippen LogP contribution in [0.25, 0.3) is 0 Å². The fourth-order valence-electron chi connectivity index (χ4n) is 2.69. The van der Waals surface area contributed by atoms with Crippen LogP contribution in [0.15, 0.2) is 18.3 Å². The first-order chi connectivity index (χ1) is 8.15. The number of rotatable bonds is 2. The Labute approximate surface area is 102 Å². The third-order valence-corrected chi connectivity index (χ3v) is 3.78. The Kier molecular flexibility index (Phi) is 3.52. The molecule has 1 saturated heterocycles. The Hall–Kier alpha value is -1.29. The van der Waals surface area contributed by atoms with Gasteiger partial charge in [-0.3, -0.25) is 4.79 Å². The molecule has 1 aromatic heterocycles. The lowest BCUT2D eigenvalue weighted by atomic mass is 9.90. The van der Waals surface area contributed by atoms with Crippen LogP contribution in [-0.4, -0.2) is 34.5 Å². The van der Waals surface area contributed by atoms with E-state index in [1.165, 1.54) is 6.42 Å². The van der Waals surface area contributed by atoms with Gasteiger partial charge in [-0.25, -0.2) is 0 Å². The highest BCUT2D eigenvalue weighted by molar-refractivity contribution is 5.93. The molecule has 17 heavy (non-hydrogen) atoms. The SMILES string of the molecule is C[C@@H]1CCCN(C(=O)c2cccn2C)[C@H]1CN. The molecule has 2 rings (SSSR count). The summed E-state index contributed by atoms with van der Waals surface area (Å²) in [5.74, 6) is 0.609. The number of hydrogen-bond acceptors (Lipinski definition) is 2. The number of piperidine rings is 1. The second-order valence-electron chi connectivity index (χ2n) is 4.93. The molecule has 1 aliphatic rings. The molecule has 1 aromatic rings. The Bertz CT molecular complexity index is 399. The van der Waals surface area contributed by atoms with E-state index in [2.05, 4.69) is 6.92 Å². The van der Waals surface area contributed by atoms with Crippen molar-refractivity contribution in [3.05, 3.63) is 24.0 Å². The van der Waals surface area contributed by atoms with E-state index in [9.17, 15) is 4.79 Å². The molecule has 4 heteroatoms. The van der Waals surface area contributed by atoms with Crippen molar-refractivity contribution in [2.24, 2.45) is 18.7 Å². The molecule has 0 saturated carbocycles. The Morgan fingerprint density at radius 3 is 2.94 bits per heavy atom. The Balaban J connectivity index is 2.21. The summed E-state index contributed by atoms with van der Waals surface area (Å²) in [6, 6.07) is 3.96. The van der Waals surface area contributed by atoms with E-state index < -0.39 is 0 Å². The van der Waals surface area contributed by atoms with Gasteiger partial charge in [-0.05, 0) is 30.9 Å². The summed E-state index contributed by atoms with van der Waals surface area (Å²) >= 11 is 0. The topological polar surface area (TPSA) is 51.3 Å². The van der Waals surface area contributed by atoms with Crippen molar-refractivity contribution >= 4 is 5.91 Å². The third-order valence-electron chi connectivity index (χ3n) is 3.78. The molecule has 0 aliphatic carbocycles. The maximum Gasteiger partial charge on any atom is 0.270 e. The highest BCUT2D eigenvalue weighted by Gasteiger charge is 2.31. The van der Waals surface area contributed by atoms with E-state index in [4.69, 9.17) is 5.73 Å². The Morgan fingerprint density at radius 1 is 1.59 bits per heavy atom. The van der Waals surface area contributed by atoms with Gasteiger partial charge in [-0.2, -0.15) is 0 Å². The lowest BCUT2D eigenvalue weighted by molar-refractivity contribution is 0.0523. The lowest BCUT2D eigenvalue weighted by Gasteiger charge is -2.39. The fourth-order valence-corrected chi connectivity index (χ4v) is 2.69. The van der Waals surface area contributed by atoms with Gasteiger partial charge in [0.15, 0.2) is 0 Å². The summed E-state index contributed by atoms with van der Waals surface area (Å²) in [6.45, 7) is 3.56. The summed E-state index contributed by atoms with van der Waals surface area (Å²) in [7, 11) is 1.90. The maximum absolute atomic E-state index is 12.4. The van der Waals surface area contributed by atoms with Crippen LogP contribution in [0.4, 0.5) is 0 Å². The highest BCUT2D eigenvalue weighted by Crippen LogP contribution is 2.24. The summed E-state index contributed by atoms with van der Waals surface area (Å²) < 4.78 is 1.87. The first-order valence-electron chi connectivity index (χ1n) is 6.27. The van der Waals surface area contributed by atoms with Crippen molar-refractivity contribution in [2.45, 2.75) is 25.8 Å². The van der Waals surface area contributed by atoms with Crippen LogP contribution in [0.1, 0.15) is 30.3 Å². The van der Waals surface area contributed by atoms with Gasteiger partial charge in [0.05, 0.1) is 0 Å². The van der Waals surface area contributed by atoms with Crippen molar-refractivity contribution in [2.75, 3.05) is 13.1 Å². The second-order valence-corrected chi connectivity index (χ2v) is 4.93. The summed E-state index contributed by atoms with van der Waals surface area (Å²) in [4.78, 5) is 14.4. The average Bonchev–Trinajstić information content (AvgIpc) is 2.74. The first-order valence-corrected chi connectivity index (χ1v) is 6.27. The molecule has 0 bridgehead atoms. The predicted molar refractivity (Wildman–Crippen MR) is 67.7 cm³/mol. The number of carbonyl (C=O) groups excluding carboxylic acids is 1. The molecular formula is C13H21N3O. The summed E-state index contributed by atoms with van der Waals surface area (Å²) in [5, 5.41) is 0. The molecule has 2 heterocycles. The van der Waals surface area contributed by atoms with E-state index >= 15 is 0 Å². The van der Waals surface area contributed by atoms with Crippen LogP contribution in [0.5, 0.6) is 0 Å². The van der Waals surface area contributed by atoms with Gasteiger partial charge in [0, 0.05) is 32.4 Å². The minimum atomic E-state index is 0.111. The first kappa shape index (κ1) is 12.2. The van der Waals surface area contributed by atoms with Gasteiger partial charge < -0.3 is 15.2 Å². The normalized spacial score (nSPS) is 25.0. The Morgan fingerprint density at radius 2 is 2.35 bits per heavy atom. The van der Waals surface area contributed by atoms with Crippen LogP contribution >= 0.6 is 0 Å². The van der Waals surface area contributed by atoms with Crippen LogP contribution in [0.3, 0.4) is 0 Å². The number of hydrogen-bond donors (Lipinski definition) is 1. The molecule has 2 atom stereocenters. The van der Waals surface area contributed by atoms with E-state index in [1.807, 2.05) is 34.8 Å². The second kappa shape index (κ2) is 4.92. The largest absolute Gasteiger partial charge is 0.347 e. The van der Waals surface area contributed by atoms with Gasteiger partial charge in [0.2, 0.25) is 0 Å². The van der Waals surface area contributed by atoms with Gasteiger partial charge in [0.1, 0.15) is 5.69 Å². The molecule has 4 nitrogen and oxygen atoms in total. The molecule has 94 valence electrons. The van der Waals surface area contributed by atoms with Crippen molar-refractivity contribution in [1.29, 1.82) is 0 Å². The van der Waals surface area contributed by atoms with Gasteiger partial charge in [-0.15, -0.1) is 0 Å². The number of carbonyl (C=O) groups is 1. The van der Waals surface area contributed by atoms with Crippen LogP contribution in [-0.2, 0) is 7.05 Å². The van der Waals surface area contributed by atoms with E-state index in [0.717, 1.165) is 18.7 Å². The minimum absolute atomic E-state index is 0.111. The molecule has 0 aromatic carbocycles. The van der Waals surface area contributed by atoms with E-state index in [-0.39, 0.29) is 11.9 Å². The summed E-state index contributed by atoms with van der Waals surface area (Å²) in [6.07, 6.45) is 4.14. The minimum Gasteiger partial charge on any atom is -0.347 e. The van der Waals surface area contributed by atoms with E-state index in [0.29, 0.717) is 12.5 Å². The number of nitrogens with two attached hydrogens (primary N) is 1. The zero-order valence-electron chi connectivity index (χ0n) is 10.6. The van der Waals surface area contributed by atoms with E-state index in [1.54, 1.807) is 0 Å². The smallest absolute Gasteiger partial charge is 0.270 e. The third kappa shape index (κ3) is 2.22. The van der Waals surface area contributed by atoms with Crippen LogP contribution in [0, 0.1) is 5.92 Å². The molecule has 1 fully saturated rings. The number of aryl methyl sites for hydroxylation is 1.